The molecule has 0 bridgehead atoms. The van der Waals surface area contributed by atoms with Gasteiger partial charge in [0, 0.05) is 37.9 Å². The second-order valence-corrected chi connectivity index (χ2v) is 6.51. The van der Waals surface area contributed by atoms with E-state index in [9.17, 15) is 9.18 Å². The number of halogens is 1. The van der Waals surface area contributed by atoms with Crippen molar-refractivity contribution in [1.29, 1.82) is 0 Å². The summed E-state index contributed by atoms with van der Waals surface area (Å²) in [4.78, 5) is 26.0. The Balaban J connectivity index is 1.47. The molecule has 2 heterocycles. The van der Waals surface area contributed by atoms with E-state index < -0.39 is 12.3 Å². The molecule has 0 radical (unpaired) electrons. The maximum absolute atomic E-state index is 14.4. The molecule has 2 atom stereocenters. The molecule has 1 saturated heterocycles. The van der Waals surface area contributed by atoms with Gasteiger partial charge in [0.2, 0.25) is 5.96 Å². The number of guanidine groups is 1. The first-order valence-corrected chi connectivity index (χ1v) is 8.84. The largest absolute Gasteiger partial charge is 0.445 e. The number of benzene rings is 1. The number of likely N-dealkylation sites (tertiary alicyclic amines) is 1. The van der Waals surface area contributed by atoms with E-state index in [0.717, 1.165) is 17.5 Å². The van der Waals surface area contributed by atoms with Gasteiger partial charge in [-0.3, -0.25) is 0 Å². The van der Waals surface area contributed by atoms with E-state index in [1.807, 2.05) is 31.2 Å². The van der Waals surface area contributed by atoms with Crippen LogP contribution in [0.15, 0.2) is 39.2 Å². The number of nitrogens with zero attached hydrogens (tertiary/aromatic N) is 4. The molecule has 3 rings (SSSR count). The Labute approximate surface area is 152 Å². The standard InChI is InChI=1S/C19H23FN4O2/c1-14-3-5-15(6-4-14)13-26-19(25)24-10-7-16(17(20)12-24)11-23-18-21-8-2-9-22-18/h3-6,8,11,16-17H,2,7,9-10,12-13H2,1H3/t16-,17+/m0/s1. The van der Waals surface area contributed by atoms with E-state index in [4.69, 9.17) is 4.74 Å². The molecule has 0 N–H and O–H groups in total. The van der Waals surface area contributed by atoms with Crippen LogP contribution in [0.2, 0.25) is 0 Å². The fourth-order valence-corrected chi connectivity index (χ4v) is 2.82. The first-order chi connectivity index (χ1) is 12.6. The van der Waals surface area contributed by atoms with Gasteiger partial charge in [0.15, 0.2) is 0 Å². The van der Waals surface area contributed by atoms with Crippen molar-refractivity contribution in [2.24, 2.45) is 20.9 Å². The van der Waals surface area contributed by atoms with Crippen molar-refractivity contribution in [3.8, 4) is 0 Å². The summed E-state index contributed by atoms with van der Waals surface area (Å²) in [7, 11) is 0. The second-order valence-electron chi connectivity index (χ2n) is 6.51. The highest BCUT2D eigenvalue weighted by Crippen LogP contribution is 2.20. The summed E-state index contributed by atoms with van der Waals surface area (Å²) in [6.45, 7) is 3.31. The molecule has 1 fully saturated rings. The Kier molecular flexibility index (Phi) is 6.09. The minimum atomic E-state index is -1.17. The van der Waals surface area contributed by atoms with Crippen LogP contribution in [0.1, 0.15) is 24.0 Å². The molecule has 2 aliphatic rings. The lowest BCUT2D eigenvalue weighted by atomic mass is 9.96. The molecule has 0 spiro atoms. The molecule has 0 aliphatic carbocycles. The maximum Gasteiger partial charge on any atom is 0.410 e. The summed E-state index contributed by atoms with van der Waals surface area (Å²) in [6.07, 6.45) is 2.99. The number of hydrogen-bond acceptors (Lipinski definition) is 5. The van der Waals surface area contributed by atoms with Crippen molar-refractivity contribution in [3.63, 3.8) is 0 Å². The van der Waals surface area contributed by atoms with E-state index in [0.29, 0.717) is 25.5 Å². The number of aliphatic imine (C=N–C) groups is 3. The summed E-state index contributed by atoms with van der Waals surface area (Å²) in [6, 6.07) is 7.76. The number of piperidine rings is 1. The molecule has 0 saturated carbocycles. The number of aryl methyl sites for hydroxylation is 1. The number of carbonyl (C=O) groups is 1. The highest BCUT2D eigenvalue weighted by molar-refractivity contribution is 5.94. The first kappa shape index (κ1) is 18.2. The van der Waals surface area contributed by atoms with Gasteiger partial charge in [0.1, 0.15) is 12.8 Å². The van der Waals surface area contributed by atoms with Gasteiger partial charge in [0.25, 0.3) is 0 Å². The van der Waals surface area contributed by atoms with Crippen molar-refractivity contribution in [2.75, 3.05) is 19.6 Å². The molecule has 26 heavy (non-hydrogen) atoms. The molecule has 0 unspecified atom stereocenters. The van der Waals surface area contributed by atoms with Gasteiger partial charge in [-0.1, -0.05) is 29.8 Å². The predicted octanol–water partition coefficient (Wildman–Crippen LogP) is 3.19. The van der Waals surface area contributed by atoms with Crippen LogP contribution in [-0.4, -0.2) is 55.2 Å². The Morgan fingerprint density at radius 3 is 2.92 bits per heavy atom. The van der Waals surface area contributed by atoms with Crippen molar-refractivity contribution in [3.05, 3.63) is 35.4 Å². The Morgan fingerprint density at radius 1 is 1.42 bits per heavy atom. The van der Waals surface area contributed by atoms with E-state index in [1.165, 1.54) is 4.90 Å². The third-order valence-corrected chi connectivity index (χ3v) is 4.43. The molecule has 1 amide bonds. The van der Waals surface area contributed by atoms with Crippen molar-refractivity contribution in [1.82, 2.24) is 4.90 Å². The van der Waals surface area contributed by atoms with Crippen molar-refractivity contribution in [2.45, 2.75) is 32.5 Å². The number of carbonyl (C=O) groups excluding carboxylic acids is 1. The van der Waals surface area contributed by atoms with Crippen molar-refractivity contribution < 1.29 is 13.9 Å². The zero-order valence-corrected chi connectivity index (χ0v) is 14.8. The molecule has 138 valence electrons. The molecular weight excluding hydrogens is 335 g/mol. The highest BCUT2D eigenvalue weighted by atomic mass is 19.1. The SMILES string of the molecule is Cc1ccc(COC(=O)N2CC[C@@H](C=NC3=NCCC=N3)[C@H](F)C2)cc1. The van der Waals surface area contributed by atoms with Crippen LogP contribution in [0.3, 0.4) is 0 Å². The van der Waals surface area contributed by atoms with Gasteiger partial charge >= 0.3 is 6.09 Å². The third kappa shape index (κ3) is 4.97. The number of alkyl halides is 1. The van der Waals surface area contributed by atoms with E-state index in [2.05, 4.69) is 15.0 Å². The lowest BCUT2D eigenvalue weighted by molar-refractivity contribution is 0.0641. The number of amides is 1. The summed E-state index contributed by atoms with van der Waals surface area (Å²) in [5.41, 5.74) is 2.06. The van der Waals surface area contributed by atoms with E-state index in [-0.39, 0.29) is 19.1 Å². The Hall–Kier alpha value is -2.57. The number of ether oxygens (including phenoxy) is 1. The van der Waals surface area contributed by atoms with Crippen LogP contribution in [0.5, 0.6) is 0 Å². The van der Waals surface area contributed by atoms with Crippen LogP contribution in [0, 0.1) is 12.8 Å². The summed E-state index contributed by atoms with van der Waals surface area (Å²) < 4.78 is 19.7. The Bertz CT molecular complexity index is 715. The minimum Gasteiger partial charge on any atom is -0.445 e. The molecule has 0 aromatic heterocycles. The summed E-state index contributed by atoms with van der Waals surface area (Å²) in [5, 5.41) is 0. The van der Waals surface area contributed by atoms with Gasteiger partial charge in [-0.2, -0.15) is 0 Å². The van der Waals surface area contributed by atoms with Gasteiger partial charge in [-0.15, -0.1) is 0 Å². The fraction of sp³-hybridized carbons (Fsp3) is 0.474. The highest BCUT2D eigenvalue weighted by Gasteiger charge is 2.31. The molecule has 7 heteroatoms. The third-order valence-electron chi connectivity index (χ3n) is 4.43. The fourth-order valence-electron chi connectivity index (χ4n) is 2.82. The van der Waals surface area contributed by atoms with Crippen LogP contribution in [-0.2, 0) is 11.3 Å². The quantitative estimate of drug-likeness (QED) is 0.779. The van der Waals surface area contributed by atoms with Gasteiger partial charge in [-0.05, 0) is 18.9 Å². The molecular formula is C19H23FN4O2. The summed E-state index contributed by atoms with van der Waals surface area (Å²) >= 11 is 0. The minimum absolute atomic E-state index is 0.0131. The molecule has 1 aromatic carbocycles. The molecule has 6 nitrogen and oxygen atoms in total. The Morgan fingerprint density at radius 2 is 2.23 bits per heavy atom. The predicted molar refractivity (Wildman–Crippen MR) is 99.8 cm³/mol. The molecule has 2 aliphatic heterocycles. The van der Waals surface area contributed by atoms with Gasteiger partial charge in [0.05, 0.1) is 6.54 Å². The monoisotopic (exact) mass is 358 g/mol. The normalized spacial score (nSPS) is 23.2. The van der Waals surface area contributed by atoms with E-state index in [1.54, 1.807) is 12.4 Å². The maximum atomic E-state index is 14.4. The second kappa shape index (κ2) is 8.69. The van der Waals surface area contributed by atoms with E-state index >= 15 is 0 Å². The van der Waals surface area contributed by atoms with Crippen LogP contribution in [0.25, 0.3) is 0 Å². The summed E-state index contributed by atoms with van der Waals surface area (Å²) in [5.74, 6) is 0.0550. The van der Waals surface area contributed by atoms with Crippen LogP contribution >= 0.6 is 0 Å². The lowest BCUT2D eigenvalue weighted by Gasteiger charge is -2.32. The zero-order valence-electron chi connectivity index (χ0n) is 14.8. The topological polar surface area (TPSA) is 66.6 Å². The van der Waals surface area contributed by atoms with Crippen LogP contribution in [0.4, 0.5) is 9.18 Å². The first-order valence-electron chi connectivity index (χ1n) is 8.84. The van der Waals surface area contributed by atoms with Gasteiger partial charge in [-0.25, -0.2) is 24.2 Å². The van der Waals surface area contributed by atoms with Crippen molar-refractivity contribution >= 4 is 24.5 Å². The zero-order chi connectivity index (χ0) is 18.4. The smallest absolute Gasteiger partial charge is 0.410 e. The number of hydrogen-bond donors (Lipinski definition) is 0. The van der Waals surface area contributed by atoms with Crippen LogP contribution < -0.4 is 0 Å². The average molecular weight is 358 g/mol. The lowest BCUT2D eigenvalue weighted by Crippen LogP contribution is -2.45. The number of rotatable bonds is 3. The van der Waals surface area contributed by atoms with Gasteiger partial charge < -0.3 is 9.64 Å². The average Bonchev–Trinajstić information content (AvgIpc) is 2.67. The molecule has 1 aromatic rings.